The predicted molar refractivity (Wildman–Crippen MR) is 113 cm³/mol. The first-order chi connectivity index (χ1) is 13.5. The minimum absolute atomic E-state index is 0.0708. The van der Waals surface area contributed by atoms with Crippen LogP contribution in [0.4, 0.5) is 11.4 Å². The van der Waals surface area contributed by atoms with E-state index in [0.29, 0.717) is 11.3 Å². The van der Waals surface area contributed by atoms with Crippen molar-refractivity contribution in [3.05, 3.63) is 84.4 Å². The Morgan fingerprint density at radius 3 is 1.93 bits per heavy atom. The van der Waals surface area contributed by atoms with Gasteiger partial charge in [0.25, 0.3) is 5.91 Å². The molecule has 0 heterocycles. The quantitative estimate of drug-likeness (QED) is 0.684. The third kappa shape index (κ3) is 4.98. The Morgan fingerprint density at radius 1 is 0.750 bits per heavy atom. The molecule has 0 fully saturated rings. The summed E-state index contributed by atoms with van der Waals surface area (Å²) >= 11 is 0. The number of carbonyl (C=O) groups excluding carboxylic acids is 2. The van der Waals surface area contributed by atoms with E-state index < -0.39 is 0 Å². The van der Waals surface area contributed by atoms with Crippen molar-refractivity contribution in [1.82, 2.24) is 4.90 Å². The van der Waals surface area contributed by atoms with Gasteiger partial charge in [0.15, 0.2) is 0 Å². The molecule has 0 saturated carbocycles. The van der Waals surface area contributed by atoms with Crippen molar-refractivity contribution in [2.75, 3.05) is 31.3 Å². The minimum atomic E-state index is -0.154. The summed E-state index contributed by atoms with van der Waals surface area (Å²) in [5.74, 6) is -0.225. The highest BCUT2D eigenvalue weighted by atomic mass is 16.2. The molecular formula is C23H23N3O2. The predicted octanol–water partition coefficient (Wildman–Crippen LogP) is 4.11. The Balaban J connectivity index is 1.52. The Morgan fingerprint density at radius 2 is 1.32 bits per heavy atom. The largest absolute Gasteiger partial charge is 0.376 e. The van der Waals surface area contributed by atoms with E-state index in [9.17, 15) is 9.59 Å². The monoisotopic (exact) mass is 373 g/mol. The number of benzene rings is 3. The second-order valence-corrected chi connectivity index (χ2v) is 6.62. The van der Waals surface area contributed by atoms with Crippen LogP contribution in [-0.4, -0.2) is 37.4 Å². The molecule has 28 heavy (non-hydrogen) atoms. The van der Waals surface area contributed by atoms with Gasteiger partial charge in [-0.3, -0.25) is 9.59 Å². The van der Waals surface area contributed by atoms with Crippen LogP contribution in [-0.2, 0) is 4.79 Å². The van der Waals surface area contributed by atoms with E-state index in [1.165, 1.54) is 4.90 Å². The summed E-state index contributed by atoms with van der Waals surface area (Å²) < 4.78 is 0. The lowest BCUT2D eigenvalue weighted by atomic mass is 10.1. The van der Waals surface area contributed by atoms with Gasteiger partial charge in [0.2, 0.25) is 5.91 Å². The zero-order valence-corrected chi connectivity index (χ0v) is 16.0. The number of anilines is 2. The molecular weight excluding hydrogens is 350 g/mol. The fraction of sp³-hybridized carbons (Fsp3) is 0.130. The Hall–Kier alpha value is -3.60. The number of nitrogens with one attached hydrogen (secondary N) is 2. The second-order valence-electron chi connectivity index (χ2n) is 6.62. The summed E-state index contributed by atoms with van der Waals surface area (Å²) in [4.78, 5) is 25.5. The summed E-state index contributed by atoms with van der Waals surface area (Å²) in [5, 5.41) is 5.93. The van der Waals surface area contributed by atoms with Crippen molar-refractivity contribution in [3.63, 3.8) is 0 Å². The zero-order valence-electron chi connectivity index (χ0n) is 16.0. The number of hydrogen-bond donors (Lipinski definition) is 2. The van der Waals surface area contributed by atoms with Crippen LogP contribution >= 0.6 is 0 Å². The van der Waals surface area contributed by atoms with E-state index in [1.807, 2.05) is 42.5 Å². The van der Waals surface area contributed by atoms with Crippen LogP contribution in [0.5, 0.6) is 0 Å². The van der Waals surface area contributed by atoms with Gasteiger partial charge in [-0.1, -0.05) is 42.5 Å². The summed E-state index contributed by atoms with van der Waals surface area (Å²) in [7, 11) is 3.41. The molecule has 2 amide bonds. The molecule has 3 aromatic rings. The first-order valence-corrected chi connectivity index (χ1v) is 9.04. The van der Waals surface area contributed by atoms with E-state index in [1.54, 1.807) is 38.4 Å². The van der Waals surface area contributed by atoms with Gasteiger partial charge in [-0.05, 0) is 47.5 Å². The van der Waals surface area contributed by atoms with Gasteiger partial charge in [-0.15, -0.1) is 0 Å². The zero-order chi connectivity index (χ0) is 19.9. The molecule has 3 aromatic carbocycles. The molecule has 0 bridgehead atoms. The SMILES string of the molecule is CN(C)C(=O)c1ccc(NC(=O)CNc2ccc(-c3ccccc3)cc2)cc1. The average molecular weight is 373 g/mol. The molecule has 0 atom stereocenters. The Kier molecular flexibility index (Phi) is 6.07. The molecule has 0 aromatic heterocycles. The molecule has 5 nitrogen and oxygen atoms in total. The fourth-order valence-corrected chi connectivity index (χ4v) is 2.75. The van der Waals surface area contributed by atoms with Crippen LogP contribution in [0, 0.1) is 0 Å². The van der Waals surface area contributed by atoms with Gasteiger partial charge < -0.3 is 15.5 Å². The van der Waals surface area contributed by atoms with Crippen molar-refractivity contribution in [3.8, 4) is 11.1 Å². The van der Waals surface area contributed by atoms with Crippen LogP contribution < -0.4 is 10.6 Å². The molecule has 0 aliphatic carbocycles. The van der Waals surface area contributed by atoms with Gasteiger partial charge in [-0.2, -0.15) is 0 Å². The summed E-state index contributed by atoms with van der Waals surface area (Å²) in [5.41, 5.74) is 4.40. The van der Waals surface area contributed by atoms with Crippen LogP contribution in [0.2, 0.25) is 0 Å². The number of amides is 2. The van der Waals surface area contributed by atoms with Gasteiger partial charge in [-0.25, -0.2) is 0 Å². The lowest BCUT2D eigenvalue weighted by Crippen LogP contribution is -2.22. The maximum atomic E-state index is 12.2. The number of carbonyl (C=O) groups is 2. The van der Waals surface area contributed by atoms with E-state index >= 15 is 0 Å². The lowest BCUT2D eigenvalue weighted by molar-refractivity contribution is -0.114. The van der Waals surface area contributed by atoms with Gasteiger partial charge in [0, 0.05) is 31.0 Å². The van der Waals surface area contributed by atoms with Crippen molar-refractivity contribution < 1.29 is 9.59 Å². The van der Waals surface area contributed by atoms with E-state index in [-0.39, 0.29) is 18.4 Å². The second kappa shape index (κ2) is 8.86. The molecule has 0 aliphatic heterocycles. The fourth-order valence-electron chi connectivity index (χ4n) is 2.75. The van der Waals surface area contributed by atoms with Crippen LogP contribution in [0.25, 0.3) is 11.1 Å². The van der Waals surface area contributed by atoms with Crippen LogP contribution in [0.3, 0.4) is 0 Å². The minimum Gasteiger partial charge on any atom is -0.376 e. The van der Waals surface area contributed by atoms with Gasteiger partial charge >= 0.3 is 0 Å². The highest BCUT2D eigenvalue weighted by Gasteiger charge is 2.08. The maximum absolute atomic E-state index is 12.2. The van der Waals surface area contributed by atoms with E-state index in [0.717, 1.165) is 16.8 Å². The molecule has 2 N–H and O–H groups in total. The lowest BCUT2D eigenvalue weighted by Gasteiger charge is -2.11. The van der Waals surface area contributed by atoms with Crippen LogP contribution in [0.1, 0.15) is 10.4 Å². The van der Waals surface area contributed by atoms with Crippen molar-refractivity contribution in [1.29, 1.82) is 0 Å². The molecule has 0 saturated heterocycles. The third-order valence-corrected chi connectivity index (χ3v) is 4.27. The summed E-state index contributed by atoms with van der Waals surface area (Å²) in [6.07, 6.45) is 0. The topological polar surface area (TPSA) is 61.4 Å². The molecule has 5 heteroatoms. The van der Waals surface area contributed by atoms with Crippen molar-refractivity contribution >= 4 is 23.2 Å². The van der Waals surface area contributed by atoms with Gasteiger partial charge in [0.05, 0.1) is 6.54 Å². The summed E-state index contributed by atoms with van der Waals surface area (Å²) in [6, 6.07) is 24.9. The van der Waals surface area contributed by atoms with Crippen molar-refractivity contribution in [2.45, 2.75) is 0 Å². The molecule has 3 rings (SSSR count). The van der Waals surface area contributed by atoms with Crippen molar-refractivity contribution in [2.24, 2.45) is 0 Å². The number of hydrogen-bond acceptors (Lipinski definition) is 3. The Bertz CT molecular complexity index is 934. The molecule has 0 aliphatic rings. The normalized spacial score (nSPS) is 10.2. The third-order valence-electron chi connectivity index (χ3n) is 4.27. The van der Waals surface area contributed by atoms with E-state index in [4.69, 9.17) is 0 Å². The van der Waals surface area contributed by atoms with Crippen LogP contribution in [0.15, 0.2) is 78.9 Å². The average Bonchev–Trinajstić information content (AvgIpc) is 2.73. The molecule has 142 valence electrons. The first-order valence-electron chi connectivity index (χ1n) is 9.04. The van der Waals surface area contributed by atoms with E-state index in [2.05, 4.69) is 22.8 Å². The molecule has 0 unspecified atom stereocenters. The molecule has 0 radical (unpaired) electrons. The number of rotatable bonds is 6. The molecule has 0 spiro atoms. The standard InChI is InChI=1S/C23H23N3O2/c1-26(2)23(28)19-10-14-21(15-11-19)25-22(27)16-24-20-12-8-18(9-13-20)17-6-4-3-5-7-17/h3-15,24H,16H2,1-2H3,(H,25,27). The maximum Gasteiger partial charge on any atom is 0.253 e. The Labute approximate surface area is 165 Å². The smallest absolute Gasteiger partial charge is 0.253 e. The highest BCUT2D eigenvalue weighted by Crippen LogP contribution is 2.21. The summed E-state index contributed by atoms with van der Waals surface area (Å²) in [6.45, 7) is 0.156. The number of nitrogens with zero attached hydrogens (tertiary/aromatic N) is 1. The first kappa shape index (κ1) is 19.2. The highest BCUT2D eigenvalue weighted by molar-refractivity contribution is 5.96. The van der Waals surface area contributed by atoms with Gasteiger partial charge in [0.1, 0.15) is 0 Å².